The van der Waals surface area contributed by atoms with Gasteiger partial charge in [0, 0.05) is 11.6 Å². The van der Waals surface area contributed by atoms with Crippen molar-refractivity contribution >= 4 is 55.6 Å². The first-order valence-corrected chi connectivity index (χ1v) is 8.11. The normalized spacial score (nSPS) is 10.1. The van der Waals surface area contributed by atoms with E-state index in [-0.39, 0.29) is 31.7 Å². The lowest BCUT2D eigenvalue weighted by Crippen LogP contribution is -2.13. The third-order valence-corrected chi connectivity index (χ3v) is 4.25. The zero-order chi connectivity index (χ0) is 15.4. The van der Waals surface area contributed by atoms with E-state index in [1.807, 2.05) is 22.6 Å². The Bertz CT molecular complexity index is 699. The van der Waals surface area contributed by atoms with Gasteiger partial charge in [0.2, 0.25) is 5.91 Å². The highest BCUT2D eigenvalue weighted by atomic mass is 127. The number of carbonyl (C=O) groups is 2. The molecule has 0 bridgehead atoms. The number of thiophene rings is 1. The van der Waals surface area contributed by atoms with Crippen LogP contribution in [0.1, 0.15) is 15.9 Å². The summed E-state index contributed by atoms with van der Waals surface area (Å²) in [6.07, 6.45) is 0. The van der Waals surface area contributed by atoms with Gasteiger partial charge in [0.05, 0.1) is 14.9 Å². The van der Waals surface area contributed by atoms with Crippen molar-refractivity contribution in [1.29, 1.82) is 0 Å². The van der Waals surface area contributed by atoms with Crippen LogP contribution in [0.2, 0.25) is 0 Å². The largest absolute Gasteiger partial charge is 0.326 e. The number of rotatable bonds is 5. The van der Waals surface area contributed by atoms with Gasteiger partial charge in [-0.25, -0.2) is 0 Å². The first-order chi connectivity index (χ1) is 10.0. The lowest BCUT2D eigenvalue weighted by molar-refractivity contribution is -0.380. The molecule has 1 amide bonds. The van der Waals surface area contributed by atoms with E-state index in [0.717, 1.165) is 11.3 Å². The molecular formula is C13H9IN2O4S. The number of alkyl halides is 1. The number of nitro groups is 1. The van der Waals surface area contributed by atoms with Gasteiger partial charge >= 0.3 is 5.00 Å². The van der Waals surface area contributed by atoms with E-state index in [2.05, 4.69) is 5.32 Å². The van der Waals surface area contributed by atoms with Gasteiger partial charge in [-0.15, -0.1) is 0 Å². The number of hydrogen-bond acceptors (Lipinski definition) is 5. The van der Waals surface area contributed by atoms with Gasteiger partial charge in [-0.05, 0) is 11.3 Å². The van der Waals surface area contributed by atoms with Crippen LogP contribution >= 0.6 is 33.9 Å². The molecule has 0 spiro atoms. The minimum atomic E-state index is -0.577. The highest BCUT2D eigenvalue weighted by molar-refractivity contribution is 14.1. The van der Waals surface area contributed by atoms with Crippen LogP contribution in [-0.2, 0) is 4.79 Å². The SMILES string of the molecule is O=C(CI)Nc1sc([N+](=O)[O-])cc1C(=O)c1ccccc1. The predicted molar refractivity (Wildman–Crippen MR) is 88.4 cm³/mol. The van der Waals surface area contributed by atoms with Crippen LogP contribution in [0.3, 0.4) is 0 Å². The molecule has 2 rings (SSSR count). The topological polar surface area (TPSA) is 89.3 Å². The molecule has 0 fully saturated rings. The maximum absolute atomic E-state index is 12.4. The summed E-state index contributed by atoms with van der Waals surface area (Å²) in [6, 6.07) is 9.62. The number of ketones is 1. The van der Waals surface area contributed by atoms with E-state index in [0.29, 0.717) is 5.56 Å². The molecular weight excluding hydrogens is 407 g/mol. The third kappa shape index (κ3) is 3.64. The molecule has 0 atom stereocenters. The second-order valence-corrected chi connectivity index (χ2v) is 5.75. The lowest BCUT2D eigenvalue weighted by Gasteiger charge is -2.03. The molecule has 0 saturated heterocycles. The minimum Gasteiger partial charge on any atom is -0.316 e. The quantitative estimate of drug-likeness (QED) is 0.267. The van der Waals surface area contributed by atoms with E-state index in [4.69, 9.17) is 0 Å². The van der Waals surface area contributed by atoms with Crippen molar-refractivity contribution in [3.63, 3.8) is 0 Å². The number of halogens is 1. The summed E-state index contributed by atoms with van der Waals surface area (Å²) in [5, 5.41) is 13.4. The maximum atomic E-state index is 12.4. The summed E-state index contributed by atoms with van der Waals surface area (Å²) in [6.45, 7) is 0. The second-order valence-electron chi connectivity index (χ2n) is 3.96. The number of benzene rings is 1. The predicted octanol–water partition coefficient (Wildman–Crippen LogP) is 3.26. The molecule has 0 radical (unpaired) electrons. The number of nitrogens with one attached hydrogen (secondary N) is 1. The number of hydrogen-bond donors (Lipinski definition) is 1. The van der Waals surface area contributed by atoms with Gasteiger partial charge < -0.3 is 5.32 Å². The monoisotopic (exact) mass is 416 g/mol. The van der Waals surface area contributed by atoms with Crippen molar-refractivity contribution in [3.8, 4) is 0 Å². The fraction of sp³-hybridized carbons (Fsp3) is 0.0769. The Kier molecular flexibility index (Phi) is 5.02. The van der Waals surface area contributed by atoms with Crippen LogP contribution in [0, 0.1) is 10.1 Å². The number of nitrogens with zero attached hydrogens (tertiary/aromatic N) is 1. The molecule has 6 nitrogen and oxygen atoms in total. The van der Waals surface area contributed by atoms with E-state index >= 15 is 0 Å². The number of carbonyl (C=O) groups excluding carboxylic acids is 2. The van der Waals surface area contributed by atoms with Crippen LogP contribution in [-0.4, -0.2) is 21.0 Å². The van der Waals surface area contributed by atoms with Crippen LogP contribution < -0.4 is 5.32 Å². The van der Waals surface area contributed by atoms with Crippen LogP contribution in [0.4, 0.5) is 10.0 Å². The number of amides is 1. The van der Waals surface area contributed by atoms with E-state index < -0.39 is 4.92 Å². The first kappa shape index (κ1) is 15.6. The fourth-order valence-corrected chi connectivity index (χ4v) is 2.71. The molecule has 0 aliphatic rings. The standard InChI is InChI=1S/C13H9IN2O4S/c14-7-10(17)15-13-9(6-11(21-13)16(19)20)12(18)8-4-2-1-3-5-8/h1-6H,7H2,(H,15,17). The van der Waals surface area contributed by atoms with Gasteiger partial charge in [0.1, 0.15) is 5.00 Å². The maximum Gasteiger partial charge on any atom is 0.326 e. The van der Waals surface area contributed by atoms with E-state index in [1.54, 1.807) is 30.3 Å². The minimum absolute atomic E-state index is 0.135. The number of anilines is 1. The average Bonchev–Trinajstić information content (AvgIpc) is 2.91. The Morgan fingerprint density at radius 3 is 2.52 bits per heavy atom. The molecule has 108 valence electrons. The van der Waals surface area contributed by atoms with Crippen molar-refractivity contribution in [3.05, 3.63) is 57.6 Å². The van der Waals surface area contributed by atoms with Gasteiger partial charge in [-0.2, -0.15) is 0 Å². The van der Waals surface area contributed by atoms with Crippen molar-refractivity contribution in [2.24, 2.45) is 0 Å². The summed E-state index contributed by atoms with van der Waals surface area (Å²) in [5.74, 6) is -0.668. The first-order valence-electron chi connectivity index (χ1n) is 5.76. The average molecular weight is 416 g/mol. The van der Waals surface area contributed by atoms with Crippen LogP contribution in [0.5, 0.6) is 0 Å². The zero-order valence-corrected chi connectivity index (χ0v) is 13.5. The van der Waals surface area contributed by atoms with Crippen molar-refractivity contribution in [2.75, 3.05) is 9.74 Å². The molecule has 0 aliphatic heterocycles. The molecule has 0 unspecified atom stereocenters. The summed E-state index contributed by atoms with van der Waals surface area (Å²) >= 11 is 2.65. The summed E-state index contributed by atoms with van der Waals surface area (Å²) in [4.78, 5) is 34.2. The molecule has 1 heterocycles. The summed E-state index contributed by atoms with van der Waals surface area (Å²) in [5.41, 5.74) is 0.547. The Labute approximate surface area is 137 Å². The molecule has 0 saturated carbocycles. The lowest BCUT2D eigenvalue weighted by atomic mass is 10.1. The smallest absolute Gasteiger partial charge is 0.316 e. The van der Waals surface area contributed by atoms with Crippen LogP contribution in [0.15, 0.2) is 36.4 Å². The molecule has 21 heavy (non-hydrogen) atoms. The summed E-state index contributed by atoms with van der Waals surface area (Å²) < 4.78 is 0.197. The Morgan fingerprint density at radius 2 is 1.95 bits per heavy atom. The Hall–Kier alpha value is -1.81. The Morgan fingerprint density at radius 1 is 1.29 bits per heavy atom. The van der Waals surface area contributed by atoms with Crippen molar-refractivity contribution < 1.29 is 14.5 Å². The van der Waals surface area contributed by atoms with Crippen LogP contribution in [0.25, 0.3) is 0 Å². The van der Waals surface area contributed by atoms with E-state index in [1.165, 1.54) is 6.07 Å². The molecule has 0 aliphatic carbocycles. The molecule has 8 heteroatoms. The van der Waals surface area contributed by atoms with Gasteiger partial charge in [-0.1, -0.05) is 52.9 Å². The molecule has 2 aromatic rings. The van der Waals surface area contributed by atoms with Crippen molar-refractivity contribution in [2.45, 2.75) is 0 Å². The molecule has 1 N–H and O–H groups in total. The molecule has 1 aromatic carbocycles. The summed E-state index contributed by atoms with van der Waals surface area (Å²) in [7, 11) is 0. The highest BCUT2D eigenvalue weighted by Crippen LogP contribution is 2.35. The van der Waals surface area contributed by atoms with Gasteiger partial charge in [0.25, 0.3) is 0 Å². The van der Waals surface area contributed by atoms with Gasteiger partial charge in [-0.3, -0.25) is 19.7 Å². The Balaban J connectivity index is 2.43. The highest BCUT2D eigenvalue weighted by Gasteiger charge is 2.23. The third-order valence-electron chi connectivity index (χ3n) is 2.55. The zero-order valence-electron chi connectivity index (χ0n) is 10.5. The van der Waals surface area contributed by atoms with E-state index in [9.17, 15) is 19.7 Å². The fourth-order valence-electron chi connectivity index (χ4n) is 1.63. The second kappa shape index (κ2) is 6.76. The van der Waals surface area contributed by atoms with Gasteiger partial charge in [0.15, 0.2) is 5.78 Å². The van der Waals surface area contributed by atoms with Crippen molar-refractivity contribution in [1.82, 2.24) is 0 Å². The molecule has 1 aromatic heterocycles.